The van der Waals surface area contributed by atoms with Gasteiger partial charge in [0.25, 0.3) is 0 Å². The second kappa shape index (κ2) is 11.9. The molecule has 0 aliphatic rings. The van der Waals surface area contributed by atoms with Gasteiger partial charge in [-0.15, -0.1) is 0 Å². The molecule has 0 fully saturated rings. The van der Waals surface area contributed by atoms with Crippen LogP contribution in [0.2, 0.25) is 0 Å². The Bertz CT molecular complexity index is 3580. The SMILES string of the molecule is c1ccc(-c2nc3cc(-c4ccc(-c5nc6ccccc6c6c7cccnc7c7ncccc7c56)cc4)ccc3c3c4cccnc4c4ncccc4c23)cc1. The van der Waals surface area contributed by atoms with E-state index in [-0.39, 0.29) is 0 Å². The van der Waals surface area contributed by atoms with Crippen molar-refractivity contribution in [2.45, 2.75) is 0 Å². The molecule has 6 heteroatoms. The van der Waals surface area contributed by atoms with Gasteiger partial charge in [0.15, 0.2) is 0 Å². The molecule has 0 amide bonds. The third kappa shape index (κ3) is 4.44. The van der Waals surface area contributed by atoms with Gasteiger partial charge in [-0.1, -0.05) is 109 Å². The Morgan fingerprint density at radius 1 is 0.268 bits per heavy atom. The molecule has 0 bridgehead atoms. The molecule has 12 aromatic rings. The minimum Gasteiger partial charge on any atom is -0.254 e. The van der Waals surface area contributed by atoms with Crippen molar-refractivity contribution >= 4 is 87.0 Å². The predicted octanol–water partition coefficient (Wildman–Crippen LogP) is 12.3. The first-order valence-corrected chi connectivity index (χ1v) is 18.7. The minimum absolute atomic E-state index is 0.879. The van der Waals surface area contributed by atoms with Crippen LogP contribution < -0.4 is 0 Å². The van der Waals surface area contributed by atoms with Crippen molar-refractivity contribution in [3.8, 4) is 33.6 Å². The van der Waals surface area contributed by atoms with Crippen LogP contribution in [0.4, 0.5) is 0 Å². The summed E-state index contributed by atoms with van der Waals surface area (Å²) in [5.41, 5.74) is 11.6. The van der Waals surface area contributed by atoms with Crippen molar-refractivity contribution in [1.29, 1.82) is 0 Å². The minimum atomic E-state index is 0.879. The summed E-state index contributed by atoms with van der Waals surface area (Å²) in [5.74, 6) is 0. The first kappa shape index (κ1) is 30.7. The normalized spacial score (nSPS) is 11.9. The van der Waals surface area contributed by atoms with Gasteiger partial charge in [0.05, 0.1) is 44.5 Å². The van der Waals surface area contributed by atoms with Crippen LogP contribution in [0.1, 0.15) is 0 Å². The summed E-state index contributed by atoms with van der Waals surface area (Å²) in [6, 6.07) is 50.8. The molecular weight excluding hydrogens is 685 g/mol. The van der Waals surface area contributed by atoms with Gasteiger partial charge in [0.1, 0.15) is 0 Å². The lowest BCUT2D eigenvalue weighted by Gasteiger charge is -2.16. The highest BCUT2D eigenvalue weighted by molar-refractivity contribution is 6.33. The van der Waals surface area contributed by atoms with Crippen LogP contribution in [-0.4, -0.2) is 29.9 Å². The van der Waals surface area contributed by atoms with Crippen molar-refractivity contribution in [2.24, 2.45) is 0 Å². The predicted molar refractivity (Wildman–Crippen MR) is 230 cm³/mol. The van der Waals surface area contributed by atoms with Gasteiger partial charge in [-0.3, -0.25) is 19.9 Å². The summed E-state index contributed by atoms with van der Waals surface area (Å²) in [7, 11) is 0. The molecule has 0 atom stereocenters. The molecule has 6 aromatic carbocycles. The molecule has 6 aromatic heterocycles. The lowest BCUT2D eigenvalue weighted by atomic mass is 9.91. The van der Waals surface area contributed by atoms with Crippen LogP contribution in [0.15, 0.2) is 170 Å². The summed E-state index contributed by atoms with van der Waals surface area (Å²) in [6.07, 6.45) is 7.37. The fraction of sp³-hybridized carbons (Fsp3) is 0. The van der Waals surface area contributed by atoms with Crippen molar-refractivity contribution in [1.82, 2.24) is 29.9 Å². The summed E-state index contributed by atoms with van der Waals surface area (Å²) < 4.78 is 0. The highest BCUT2D eigenvalue weighted by Crippen LogP contribution is 2.44. The monoisotopic (exact) mass is 712 g/mol. The van der Waals surface area contributed by atoms with Gasteiger partial charge in [-0.2, -0.15) is 0 Å². The fourth-order valence-corrected chi connectivity index (χ4v) is 8.76. The molecule has 12 rings (SSSR count). The summed E-state index contributed by atoms with van der Waals surface area (Å²) in [4.78, 5) is 30.0. The quantitative estimate of drug-likeness (QED) is 0.170. The number of benzene rings is 6. The van der Waals surface area contributed by atoms with E-state index in [0.29, 0.717) is 0 Å². The smallest absolute Gasteiger partial charge is 0.0971 e. The Morgan fingerprint density at radius 2 is 0.679 bits per heavy atom. The number of nitrogens with zero attached hydrogens (tertiary/aromatic N) is 6. The highest BCUT2D eigenvalue weighted by Gasteiger charge is 2.21. The van der Waals surface area contributed by atoms with E-state index in [4.69, 9.17) is 29.9 Å². The van der Waals surface area contributed by atoms with Crippen LogP contribution in [0.25, 0.3) is 121 Å². The molecule has 0 aliphatic carbocycles. The molecule has 0 saturated heterocycles. The zero-order valence-electron chi connectivity index (χ0n) is 29.8. The van der Waals surface area contributed by atoms with Crippen LogP contribution in [0.3, 0.4) is 0 Å². The van der Waals surface area contributed by atoms with E-state index in [9.17, 15) is 0 Å². The Kier molecular flexibility index (Phi) is 6.53. The lowest BCUT2D eigenvalue weighted by Crippen LogP contribution is -1.95. The lowest BCUT2D eigenvalue weighted by molar-refractivity contribution is 1.38. The Morgan fingerprint density at radius 3 is 1.25 bits per heavy atom. The number of fused-ring (bicyclic) bond motifs is 16. The number of rotatable bonds is 3. The van der Waals surface area contributed by atoms with E-state index in [0.717, 1.165) is 121 Å². The molecule has 6 heterocycles. The summed E-state index contributed by atoms with van der Waals surface area (Å²) >= 11 is 0. The molecule has 0 radical (unpaired) electrons. The van der Waals surface area contributed by atoms with E-state index in [1.54, 1.807) is 0 Å². The van der Waals surface area contributed by atoms with Gasteiger partial charge in [0.2, 0.25) is 0 Å². The summed E-state index contributed by atoms with van der Waals surface area (Å²) in [6.45, 7) is 0. The van der Waals surface area contributed by atoms with Crippen molar-refractivity contribution < 1.29 is 0 Å². The first-order chi connectivity index (χ1) is 27.8. The summed E-state index contributed by atoms with van der Waals surface area (Å²) in [5, 5.41) is 10.9. The van der Waals surface area contributed by atoms with Gasteiger partial charge in [0, 0.05) is 89.8 Å². The Labute approximate surface area is 319 Å². The van der Waals surface area contributed by atoms with Crippen molar-refractivity contribution in [3.05, 3.63) is 170 Å². The number of hydrogen-bond acceptors (Lipinski definition) is 6. The number of para-hydroxylation sites is 1. The number of aromatic nitrogens is 6. The average molecular weight is 713 g/mol. The standard InChI is InChI=1S/C50H28N6/c1-2-10-30(11-3-1)45-44-38-16-9-27-54-50(38)48-36(14-7-25-52-48)42(44)34-23-22-32(28-40(34)56-45)29-18-20-31(21-19-29)46-43-37-15-8-26-53-49(37)47-35(13-6-24-51-47)41(43)33-12-4-5-17-39(33)55-46/h1-28H. The van der Waals surface area contributed by atoms with E-state index in [1.807, 2.05) is 55.1 Å². The molecular formula is C50H28N6. The van der Waals surface area contributed by atoms with Crippen LogP contribution in [0, 0.1) is 0 Å². The molecule has 6 nitrogen and oxygen atoms in total. The highest BCUT2D eigenvalue weighted by atomic mass is 14.8. The second-order valence-electron chi connectivity index (χ2n) is 14.2. The molecule has 0 saturated carbocycles. The van der Waals surface area contributed by atoms with Gasteiger partial charge >= 0.3 is 0 Å². The van der Waals surface area contributed by atoms with E-state index >= 15 is 0 Å². The second-order valence-corrected chi connectivity index (χ2v) is 14.2. The first-order valence-electron chi connectivity index (χ1n) is 18.7. The third-order valence-corrected chi connectivity index (χ3v) is 11.2. The van der Waals surface area contributed by atoms with Crippen molar-refractivity contribution in [2.75, 3.05) is 0 Å². The third-order valence-electron chi connectivity index (χ3n) is 11.2. The van der Waals surface area contributed by atoms with Crippen LogP contribution in [-0.2, 0) is 0 Å². The van der Waals surface area contributed by atoms with Crippen LogP contribution >= 0.6 is 0 Å². The van der Waals surface area contributed by atoms with Gasteiger partial charge in [-0.05, 0) is 47.5 Å². The molecule has 56 heavy (non-hydrogen) atoms. The van der Waals surface area contributed by atoms with Crippen molar-refractivity contribution in [3.63, 3.8) is 0 Å². The van der Waals surface area contributed by atoms with E-state index < -0.39 is 0 Å². The zero-order valence-corrected chi connectivity index (χ0v) is 29.8. The molecule has 0 unspecified atom stereocenters. The maximum atomic E-state index is 5.43. The number of pyridine rings is 6. The Balaban J connectivity index is 1.08. The fourth-order valence-electron chi connectivity index (χ4n) is 8.76. The van der Waals surface area contributed by atoms with Crippen LogP contribution in [0.5, 0.6) is 0 Å². The zero-order chi connectivity index (χ0) is 36.7. The maximum Gasteiger partial charge on any atom is 0.0971 e. The molecule has 0 spiro atoms. The number of hydrogen-bond donors (Lipinski definition) is 0. The van der Waals surface area contributed by atoms with Gasteiger partial charge < -0.3 is 0 Å². The molecule has 0 N–H and O–H groups in total. The molecule has 0 aliphatic heterocycles. The molecule has 258 valence electrons. The average Bonchev–Trinajstić information content (AvgIpc) is 3.28. The largest absolute Gasteiger partial charge is 0.254 e. The van der Waals surface area contributed by atoms with E-state index in [2.05, 4.69) is 115 Å². The maximum absolute atomic E-state index is 5.43. The van der Waals surface area contributed by atoms with E-state index in [1.165, 1.54) is 0 Å². The topological polar surface area (TPSA) is 77.3 Å². The Hall–Kier alpha value is -7.70. The van der Waals surface area contributed by atoms with Gasteiger partial charge in [-0.25, -0.2) is 9.97 Å².